The average molecular weight is 321 g/mol. The summed E-state index contributed by atoms with van der Waals surface area (Å²) >= 11 is 0. The summed E-state index contributed by atoms with van der Waals surface area (Å²) in [6, 6.07) is 0.365. The number of hydrogen-bond acceptors (Lipinski definition) is 3. The van der Waals surface area contributed by atoms with E-state index in [1.165, 1.54) is 6.42 Å². The van der Waals surface area contributed by atoms with Crippen molar-refractivity contribution < 1.29 is 14.4 Å². The molecule has 2 aliphatic heterocycles. The van der Waals surface area contributed by atoms with Gasteiger partial charge < -0.3 is 14.7 Å². The van der Waals surface area contributed by atoms with Gasteiger partial charge >= 0.3 is 0 Å². The third-order valence-corrected chi connectivity index (χ3v) is 5.58. The highest BCUT2D eigenvalue weighted by atomic mass is 16.2. The molecule has 3 atom stereocenters. The Kier molecular flexibility index (Phi) is 4.87. The van der Waals surface area contributed by atoms with E-state index in [4.69, 9.17) is 0 Å². The SMILES string of the molecule is CCC1CCCCN1C(=O)C1CC1C(=O)N1CCN(C=O)CC1. The summed E-state index contributed by atoms with van der Waals surface area (Å²) in [4.78, 5) is 41.6. The molecule has 0 N–H and O–H groups in total. The number of nitrogens with zero attached hydrogens (tertiary/aromatic N) is 3. The summed E-state index contributed by atoms with van der Waals surface area (Å²) < 4.78 is 0. The van der Waals surface area contributed by atoms with Gasteiger partial charge in [0, 0.05) is 38.8 Å². The molecule has 23 heavy (non-hydrogen) atoms. The molecular formula is C17H27N3O3. The summed E-state index contributed by atoms with van der Waals surface area (Å²) in [5.74, 6) is 0.0869. The number of amides is 3. The summed E-state index contributed by atoms with van der Waals surface area (Å²) in [6.45, 7) is 5.38. The molecule has 0 aromatic rings. The quantitative estimate of drug-likeness (QED) is 0.717. The topological polar surface area (TPSA) is 60.9 Å². The Hall–Kier alpha value is -1.59. The molecule has 6 nitrogen and oxygen atoms in total. The third-order valence-electron chi connectivity index (χ3n) is 5.58. The number of carbonyl (C=O) groups excluding carboxylic acids is 3. The van der Waals surface area contributed by atoms with Crippen LogP contribution in [0.1, 0.15) is 39.0 Å². The zero-order valence-corrected chi connectivity index (χ0v) is 13.9. The zero-order chi connectivity index (χ0) is 16.4. The van der Waals surface area contributed by atoms with E-state index in [1.54, 1.807) is 4.90 Å². The van der Waals surface area contributed by atoms with Crippen molar-refractivity contribution in [3.63, 3.8) is 0 Å². The molecule has 3 unspecified atom stereocenters. The second-order valence-corrected chi connectivity index (χ2v) is 7.00. The Morgan fingerprint density at radius 3 is 2.35 bits per heavy atom. The predicted molar refractivity (Wildman–Crippen MR) is 85.5 cm³/mol. The van der Waals surface area contributed by atoms with Gasteiger partial charge in [-0.1, -0.05) is 6.92 Å². The first-order chi connectivity index (χ1) is 11.2. The molecule has 1 aliphatic carbocycles. The Morgan fingerprint density at radius 2 is 1.70 bits per heavy atom. The van der Waals surface area contributed by atoms with Gasteiger partial charge in [-0.15, -0.1) is 0 Å². The maximum absolute atomic E-state index is 12.7. The molecule has 128 valence electrons. The van der Waals surface area contributed by atoms with Crippen molar-refractivity contribution in [1.29, 1.82) is 0 Å². The fraction of sp³-hybridized carbons (Fsp3) is 0.824. The smallest absolute Gasteiger partial charge is 0.226 e. The van der Waals surface area contributed by atoms with Crippen molar-refractivity contribution in [3.05, 3.63) is 0 Å². The van der Waals surface area contributed by atoms with Crippen LogP contribution in [-0.4, -0.2) is 71.7 Å². The van der Waals surface area contributed by atoms with Gasteiger partial charge in [0.25, 0.3) is 0 Å². The van der Waals surface area contributed by atoms with Crippen LogP contribution >= 0.6 is 0 Å². The van der Waals surface area contributed by atoms with E-state index < -0.39 is 0 Å². The molecule has 0 aromatic heterocycles. The van der Waals surface area contributed by atoms with Crippen molar-refractivity contribution in [2.45, 2.75) is 45.1 Å². The van der Waals surface area contributed by atoms with Crippen molar-refractivity contribution in [2.24, 2.45) is 11.8 Å². The minimum atomic E-state index is -0.121. The molecule has 2 saturated heterocycles. The Labute approximate surface area is 137 Å². The van der Waals surface area contributed by atoms with Crippen LogP contribution in [-0.2, 0) is 14.4 Å². The second kappa shape index (κ2) is 6.89. The lowest BCUT2D eigenvalue weighted by molar-refractivity contribution is -0.141. The number of piperidine rings is 1. The summed E-state index contributed by atoms with van der Waals surface area (Å²) in [5.41, 5.74) is 0. The van der Waals surface area contributed by atoms with E-state index >= 15 is 0 Å². The maximum Gasteiger partial charge on any atom is 0.226 e. The van der Waals surface area contributed by atoms with Gasteiger partial charge in [-0.25, -0.2) is 0 Å². The Morgan fingerprint density at radius 1 is 1.00 bits per heavy atom. The van der Waals surface area contributed by atoms with Crippen LogP contribution in [0, 0.1) is 11.8 Å². The van der Waals surface area contributed by atoms with E-state index in [0.29, 0.717) is 38.6 Å². The third kappa shape index (κ3) is 3.35. The van der Waals surface area contributed by atoms with Crippen LogP contribution < -0.4 is 0 Å². The molecule has 3 amide bonds. The summed E-state index contributed by atoms with van der Waals surface area (Å²) in [6.07, 6.45) is 5.94. The highest BCUT2D eigenvalue weighted by Gasteiger charge is 2.51. The summed E-state index contributed by atoms with van der Waals surface area (Å²) in [7, 11) is 0. The van der Waals surface area contributed by atoms with Crippen LogP contribution in [0.3, 0.4) is 0 Å². The van der Waals surface area contributed by atoms with Crippen molar-refractivity contribution in [1.82, 2.24) is 14.7 Å². The van der Waals surface area contributed by atoms with E-state index in [9.17, 15) is 14.4 Å². The van der Waals surface area contributed by atoms with Gasteiger partial charge in [0.2, 0.25) is 18.2 Å². The molecule has 0 aromatic carbocycles. The second-order valence-electron chi connectivity index (χ2n) is 7.00. The molecule has 0 radical (unpaired) electrons. The molecule has 2 heterocycles. The van der Waals surface area contributed by atoms with E-state index in [-0.39, 0.29) is 23.7 Å². The molecule has 3 fully saturated rings. The molecule has 3 rings (SSSR count). The standard InChI is InChI=1S/C17H27N3O3/c1-2-13-5-3-4-6-20(13)17(23)15-11-14(15)16(22)19-9-7-18(12-21)8-10-19/h12-15H,2-11H2,1H3. The van der Waals surface area contributed by atoms with E-state index in [1.807, 2.05) is 9.80 Å². The van der Waals surface area contributed by atoms with Gasteiger partial charge in [-0.2, -0.15) is 0 Å². The fourth-order valence-corrected chi connectivity index (χ4v) is 3.95. The van der Waals surface area contributed by atoms with E-state index in [0.717, 1.165) is 32.2 Å². The van der Waals surface area contributed by atoms with Crippen LogP contribution in [0.5, 0.6) is 0 Å². The highest BCUT2D eigenvalue weighted by Crippen LogP contribution is 2.42. The minimum absolute atomic E-state index is 0.0984. The number of hydrogen-bond donors (Lipinski definition) is 0. The Balaban J connectivity index is 1.53. The lowest BCUT2D eigenvalue weighted by atomic mass is 9.99. The number of carbonyl (C=O) groups is 3. The fourth-order valence-electron chi connectivity index (χ4n) is 3.95. The van der Waals surface area contributed by atoms with Crippen LogP contribution in [0.2, 0.25) is 0 Å². The number of likely N-dealkylation sites (tertiary alicyclic amines) is 1. The monoisotopic (exact) mass is 321 g/mol. The molecule has 3 aliphatic rings. The van der Waals surface area contributed by atoms with Gasteiger partial charge in [0.05, 0.1) is 11.8 Å². The first-order valence-corrected chi connectivity index (χ1v) is 8.94. The van der Waals surface area contributed by atoms with Crippen molar-refractivity contribution in [2.75, 3.05) is 32.7 Å². The minimum Gasteiger partial charge on any atom is -0.342 e. The van der Waals surface area contributed by atoms with Crippen LogP contribution in [0.25, 0.3) is 0 Å². The normalized spacial score (nSPS) is 31.0. The molecular weight excluding hydrogens is 294 g/mol. The van der Waals surface area contributed by atoms with Gasteiger partial charge in [-0.3, -0.25) is 14.4 Å². The largest absolute Gasteiger partial charge is 0.342 e. The van der Waals surface area contributed by atoms with Crippen LogP contribution in [0.15, 0.2) is 0 Å². The zero-order valence-electron chi connectivity index (χ0n) is 13.9. The van der Waals surface area contributed by atoms with Crippen molar-refractivity contribution >= 4 is 18.2 Å². The lowest BCUT2D eigenvalue weighted by Crippen LogP contribution is -2.49. The van der Waals surface area contributed by atoms with Crippen LogP contribution in [0.4, 0.5) is 0 Å². The number of piperazine rings is 1. The number of rotatable bonds is 4. The molecule has 1 saturated carbocycles. The Bertz CT molecular complexity index is 474. The first kappa shape index (κ1) is 16.3. The van der Waals surface area contributed by atoms with Gasteiger partial charge in [0.1, 0.15) is 0 Å². The first-order valence-electron chi connectivity index (χ1n) is 8.94. The molecule has 0 bridgehead atoms. The molecule has 0 spiro atoms. The highest BCUT2D eigenvalue weighted by molar-refractivity contribution is 5.92. The average Bonchev–Trinajstić information content (AvgIpc) is 3.41. The predicted octanol–water partition coefficient (Wildman–Crippen LogP) is 0.714. The van der Waals surface area contributed by atoms with Gasteiger partial charge in [0.15, 0.2) is 0 Å². The molecule has 6 heteroatoms. The lowest BCUT2D eigenvalue weighted by Gasteiger charge is -2.36. The maximum atomic E-state index is 12.7. The van der Waals surface area contributed by atoms with Gasteiger partial charge in [-0.05, 0) is 32.1 Å². The summed E-state index contributed by atoms with van der Waals surface area (Å²) in [5, 5.41) is 0. The van der Waals surface area contributed by atoms with Crippen molar-refractivity contribution in [3.8, 4) is 0 Å². The van der Waals surface area contributed by atoms with E-state index in [2.05, 4.69) is 6.92 Å².